The molecule has 18 heavy (non-hydrogen) atoms. The molecule has 0 N–H and O–H groups in total. The zero-order chi connectivity index (χ0) is 14.6. The van der Waals surface area contributed by atoms with E-state index in [9.17, 15) is 4.79 Å². The molecular formula is C13H27NO2Si2. The lowest BCUT2D eigenvalue weighted by Crippen LogP contribution is -2.63. The molecular weight excluding hydrogens is 258 g/mol. The van der Waals surface area contributed by atoms with E-state index >= 15 is 0 Å². The van der Waals surface area contributed by atoms with E-state index in [1.165, 1.54) is 0 Å². The minimum Gasteiger partial charge on any atom is -0.466 e. The monoisotopic (exact) mass is 285 g/mol. The van der Waals surface area contributed by atoms with E-state index in [0.717, 1.165) is 0 Å². The van der Waals surface area contributed by atoms with Crippen LogP contribution in [-0.2, 0) is 9.53 Å². The fourth-order valence-corrected chi connectivity index (χ4v) is 12.8. The van der Waals surface area contributed by atoms with Gasteiger partial charge < -0.3 is 8.97 Å². The van der Waals surface area contributed by atoms with Gasteiger partial charge in [-0.3, -0.25) is 4.79 Å². The summed E-state index contributed by atoms with van der Waals surface area (Å²) in [5, 5.41) is 0. The Bertz CT molecular complexity index is 309. The molecule has 0 aliphatic rings. The highest BCUT2D eigenvalue weighted by Gasteiger charge is 2.39. The van der Waals surface area contributed by atoms with Gasteiger partial charge in [0.05, 0.1) is 19.1 Å². The van der Waals surface area contributed by atoms with Crippen LogP contribution in [-0.4, -0.2) is 39.3 Å². The SMILES string of the molecule is C#CC(CC(=O)OCC)N([Si](C)(C)C)[Si](C)(C)C. The van der Waals surface area contributed by atoms with Gasteiger partial charge >= 0.3 is 5.97 Å². The maximum absolute atomic E-state index is 11.7. The van der Waals surface area contributed by atoms with Crippen molar-refractivity contribution in [3.63, 3.8) is 0 Å². The third-order valence-corrected chi connectivity index (χ3v) is 10.2. The molecule has 0 rings (SSSR count). The predicted molar refractivity (Wildman–Crippen MR) is 82.4 cm³/mol. The molecule has 1 unspecified atom stereocenters. The lowest BCUT2D eigenvalue weighted by molar-refractivity contribution is -0.143. The fourth-order valence-electron chi connectivity index (χ4n) is 2.54. The molecule has 0 bridgehead atoms. The van der Waals surface area contributed by atoms with Gasteiger partial charge in [0.1, 0.15) is 16.5 Å². The summed E-state index contributed by atoms with van der Waals surface area (Å²) in [5.41, 5.74) is 0. The van der Waals surface area contributed by atoms with Crippen LogP contribution in [0.25, 0.3) is 0 Å². The first-order chi connectivity index (χ1) is 8.04. The Labute approximate surface area is 114 Å². The van der Waals surface area contributed by atoms with Crippen LogP contribution in [0.15, 0.2) is 0 Å². The topological polar surface area (TPSA) is 29.5 Å². The Morgan fingerprint density at radius 1 is 1.22 bits per heavy atom. The Balaban J connectivity index is 5.09. The molecule has 0 radical (unpaired) electrons. The summed E-state index contributed by atoms with van der Waals surface area (Å²) in [6.45, 7) is 15.9. The van der Waals surface area contributed by atoms with Crippen LogP contribution in [0.3, 0.4) is 0 Å². The van der Waals surface area contributed by atoms with Gasteiger partial charge in [-0.2, -0.15) is 0 Å². The molecule has 0 amide bonds. The van der Waals surface area contributed by atoms with Crippen molar-refractivity contribution in [1.82, 2.24) is 4.23 Å². The minimum absolute atomic E-state index is 0.123. The summed E-state index contributed by atoms with van der Waals surface area (Å²) in [6.07, 6.45) is 5.96. The normalized spacial score (nSPS) is 14.2. The maximum atomic E-state index is 11.7. The first kappa shape index (κ1) is 17.4. The van der Waals surface area contributed by atoms with Crippen molar-refractivity contribution in [1.29, 1.82) is 0 Å². The van der Waals surface area contributed by atoms with Crippen molar-refractivity contribution in [2.45, 2.75) is 58.7 Å². The summed E-state index contributed by atoms with van der Waals surface area (Å²) in [6, 6.07) is -0.123. The van der Waals surface area contributed by atoms with Gasteiger partial charge in [0.25, 0.3) is 0 Å². The third kappa shape index (κ3) is 5.38. The summed E-state index contributed by atoms with van der Waals surface area (Å²) < 4.78 is 7.49. The molecule has 0 aromatic carbocycles. The van der Waals surface area contributed by atoms with E-state index < -0.39 is 16.5 Å². The number of rotatable bonds is 6. The Hall–Kier alpha value is -0.576. The molecule has 0 spiro atoms. The van der Waals surface area contributed by atoms with Crippen molar-refractivity contribution in [3.05, 3.63) is 0 Å². The Kier molecular flexibility index (Phi) is 6.34. The third-order valence-electron chi connectivity index (χ3n) is 2.61. The number of nitrogens with zero attached hydrogens (tertiary/aromatic N) is 1. The van der Waals surface area contributed by atoms with Crippen LogP contribution in [0.2, 0.25) is 39.3 Å². The molecule has 3 nitrogen and oxygen atoms in total. The van der Waals surface area contributed by atoms with Crippen LogP contribution in [0.5, 0.6) is 0 Å². The van der Waals surface area contributed by atoms with Crippen molar-refractivity contribution >= 4 is 22.4 Å². The second-order valence-corrected chi connectivity index (χ2v) is 16.5. The molecule has 5 heteroatoms. The van der Waals surface area contributed by atoms with Gasteiger partial charge in [-0.05, 0) is 6.92 Å². The highest BCUT2D eigenvalue weighted by Crippen LogP contribution is 2.24. The van der Waals surface area contributed by atoms with Gasteiger partial charge in [-0.25, -0.2) is 0 Å². The molecule has 0 aliphatic heterocycles. The van der Waals surface area contributed by atoms with Crippen LogP contribution in [0.1, 0.15) is 13.3 Å². The molecule has 1 atom stereocenters. The average molecular weight is 286 g/mol. The highest BCUT2D eigenvalue weighted by molar-refractivity contribution is 6.89. The lowest BCUT2D eigenvalue weighted by atomic mass is 10.2. The van der Waals surface area contributed by atoms with E-state index in [1.807, 2.05) is 6.92 Å². The van der Waals surface area contributed by atoms with Gasteiger partial charge in [0.2, 0.25) is 0 Å². The second kappa shape index (κ2) is 6.55. The number of terminal acetylenes is 1. The number of hydrogen-bond acceptors (Lipinski definition) is 3. The zero-order valence-corrected chi connectivity index (χ0v) is 14.8. The molecule has 0 aromatic heterocycles. The first-order valence-corrected chi connectivity index (χ1v) is 13.3. The largest absolute Gasteiger partial charge is 0.466 e. The van der Waals surface area contributed by atoms with Gasteiger partial charge in [0.15, 0.2) is 0 Å². The van der Waals surface area contributed by atoms with E-state index in [0.29, 0.717) is 13.0 Å². The number of carbonyl (C=O) groups is 1. The van der Waals surface area contributed by atoms with E-state index in [2.05, 4.69) is 49.4 Å². The second-order valence-electron chi connectivity index (χ2n) is 6.40. The summed E-state index contributed by atoms with van der Waals surface area (Å²) >= 11 is 0. The van der Waals surface area contributed by atoms with E-state index in [4.69, 9.17) is 11.2 Å². The van der Waals surface area contributed by atoms with Crippen molar-refractivity contribution < 1.29 is 9.53 Å². The number of hydrogen-bond donors (Lipinski definition) is 0. The van der Waals surface area contributed by atoms with Gasteiger partial charge in [0, 0.05) is 0 Å². The smallest absolute Gasteiger partial charge is 0.308 e. The summed E-state index contributed by atoms with van der Waals surface area (Å²) in [7, 11) is -3.10. The maximum Gasteiger partial charge on any atom is 0.308 e. The quantitative estimate of drug-likeness (QED) is 0.427. The van der Waals surface area contributed by atoms with Crippen LogP contribution >= 0.6 is 0 Å². The highest BCUT2D eigenvalue weighted by atomic mass is 28.4. The molecule has 0 aromatic rings. The van der Waals surface area contributed by atoms with Crippen molar-refractivity contribution in [2.24, 2.45) is 0 Å². The standard InChI is InChI=1S/C13H27NO2Si2/c1-9-12(11-13(15)16-10-2)14(17(3,4)5)18(6,7)8/h1,12H,10-11H2,2-8H3. The molecule has 0 fully saturated rings. The molecule has 0 aliphatic carbocycles. The summed E-state index contributed by atoms with van der Waals surface area (Å²) in [5.74, 6) is 2.61. The van der Waals surface area contributed by atoms with Crippen molar-refractivity contribution in [3.8, 4) is 12.3 Å². The average Bonchev–Trinajstić information content (AvgIpc) is 2.12. The van der Waals surface area contributed by atoms with Crippen molar-refractivity contribution in [2.75, 3.05) is 6.61 Å². The first-order valence-electron chi connectivity index (χ1n) is 6.45. The number of esters is 1. The zero-order valence-electron chi connectivity index (χ0n) is 12.8. The fraction of sp³-hybridized carbons (Fsp3) is 0.769. The van der Waals surface area contributed by atoms with Gasteiger partial charge in [-0.1, -0.05) is 45.2 Å². The molecule has 104 valence electrons. The van der Waals surface area contributed by atoms with Crippen LogP contribution in [0.4, 0.5) is 0 Å². The predicted octanol–water partition coefficient (Wildman–Crippen LogP) is 2.91. The molecule has 0 heterocycles. The molecule has 0 saturated carbocycles. The minimum atomic E-state index is -1.55. The Morgan fingerprint density at radius 3 is 1.94 bits per heavy atom. The van der Waals surface area contributed by atoms with Gasteiger partial charge in [-0.15, -0.1) is 6.42 Å². The van der Waals surface area contributed by atoms with Crippen LogP contribution < -0.4 is 0 Å². The number of ether oxygens (including phenoxy) is 1. The number of carbonyl (C=O) groups excluding carboxylic acids is 1. The van der Waals surface area contributed by atoms with E-state index in [-0.39, 0.29) is 12.0 Å². The van der Waals surface area contributed by atoms with Crippen LogP contribution in [0, 0.1) is 12.3 Å². The Morgan fingerprint density at radius 2 is 1.67 bits per heavy atom. The van der Waals surface area contributed by atoms with E-state index in [1.54, 1.807) is 0 Å². The molecule has 0 saturated heterocycles. The lowest BCUT2D eigenvalue weighted by Gasteiger charge is -2.46. The summed E-state index contributed by atoms with van der Waals surface area (Å²) in [4.78, 5) is 11.7.